The van der Waals surface area contributed by atoms with Crippen molar-refractivity contribution in [3.8, 4) is 0 Å². The lowest BCUT2D eigenvalue weighted by Gasteiger charge is -2.36. The zero-order valence-corrected chi connectivity index (χ0v) is 11.7. The van der Waals surface area contributed by atoms with Gasteiger partial charge in [-0.25, -0.2) is 0 Å². The molecule has 0 fully saturated rings. The molecule has 0 spiro atoms. The van der Waals surface area contributed by atoms with Gasteiger partial charge in [0.25, 0.3) is 0 Å². The number of likely N-dealkylation sites (N-methyl/N-ethyl adjacent to an activating group) is 1. The molecule has 0 radical (unpaired) electrons. The summed E-state index contributed by atoms with van der Waals surface area (Å²) in [6.07, 6.45) is 2.89. The molecule has 2 unspecified atom stereocenters. The number of nitrogens with zero attached hydrogens (tertiary/aromatic N) is 1. The van der Waals surface area contributed by atoms with Crippen molar-refractivity contribution in [3.05, 3.63) is 0 Å². The smallest absolute Gasteiger partial charge is 0.239 e. The first kappa shape index (κ1) is 15.4. The van der Waals surface area contributed by atoms with Crippen LogP contribution in [0.15, 0.2) is 0 Å². The fourth-order valence-electron chi connectivity index (χ4n) is 1.58. The summed E-state index contributed by atoms with van der Waals surface area (Å²) in [4.78, 5) is 13.8. The van der Waals surface area contributed by atoms with Gasteiger partial charge in [0, 0.05) is 13.1 Å². The van der Waals surface area contributed by atoms with Gasteiger partial charge in [-0.3, -0.25) is 4.79 Å². The van der Waals surface area contributed by atoms with Gasteiger partial charge >= 0.3 is 0 Å². The van der Waals surface area contributed by atoms with Gasteiger partial charge < -0.3 is 10.6 Å². The van der Waals surface area contributed by atoms with Gasteiger partial charge in [-0.15, -0.1) is 0 Å². The van der Waals surface area contributed by atoms with Crippen LogP contribution in [0.25, 0.3) is 0 Å². The third-order valence-electron chi connectivity index (χ3n) is 3.37. The van der Waals surface area contributed by atoms with Crippen molar-refractivity contribution in [1.29, 1.82) is 0 Å². The normalized spacial score (nSPS) is 15.7. The molecule has 0 aromatic rings. The molecular formula is C13H28N2O. The second-order valence-corrected chi connectivity index (χ2v) is 5.74. The number of hydrogen-bond donors (Lipinski definition) is 1. The predicted molar refractivity (Wildman–Crippen MR) is 69.2 cm³/mol. The first-order valence-corrected chi connectivity index (χ1v) is 6.24. The molecule has 16 heavy (non-hydrogen) atoms. The van der Waals surface area contributed by atoms with Crippen LogP contribution in [-0.2, 0) is 4.79 Å². The lowest BCUT2D eigenvalue weighted by Crippen LogP contribution is -2.49. The zero-order valence-electron chi connectivity index (χ0n) is 11.7. The molecule has 0 bridgehead atoms. The number of hydrogen-bond acceptors (Lipinski definition) is 2. The van der Waals surface area contributed by atoms with Crippen molar-refractivity contribution in [2.45, 2.75) is 66.0 Å². The third-order valence-corrected chi connectivity index (χ3v) is 3.37. The molecule has 3 heteroatoms. The molecule has 0 aliphatic carbocycles. The van der Waals surface area contributed by atoms with Crippen LogP contribution < -0.4 is 5.73 Å². The van der Waals surface area contributed by atoms with Gasteiger partial charge in [0.05, 0.1) is 6.04 Å². The lowest BCUT2D eigenvalue weighted by molar-refractivity contribution is -0.135. The molecule has 96 valence electrons. The van der Waals surface area contributed by atoms with Crippen LogP contribution in [0.1, 0.15) is 53.9 Å². The average molecular weight is 228 g/mol. The molecule has 2 N–H and O–H groups in total. The van der Waals surface area contributed by atoms with Crippen LogP contribution in [0.3, 0.4) is 0 Å². The highest BCUT2D eigenvalue weighted by Crippen LogP contribution is 2.23. The second-order valence-electron chi connectivity index (χ2n) is 5.74. The Labute approximate surface area is 100 Å². The standard InChI is InChI=1S/C13H28N2O/c1-7-8-9-11(14)12(16)15(6)10(2)13(3,4)5/h10-11H,7-9,14H2,1-6H3. The Bertz CT molecular complexity index is 220. The van der Waals surface area contributed by atoms with Crippen molar-refractivity contribution in [3.63, 3.8) is 0 Å². The van der Waals surface area contributed by atoms with Crippen LogP contribution >= 0.6 is 0 Å². The Morgan fingerprint density at radius 2 is 1.88 bits per heavy atom. The van der Waals surface area contributed by atoms with Gasteiger partial charge in [0.1, 0.15) is 0 Å². The maximum Gasteiger partial charge on any atom is 0.239 e. The fourth-order valence-corrected chi connectivity index (χ4v) is 1.58. The van der Waals surface area contributed by atoms with Crippen LogP contribution in [0.4, 0.5) is 0 Å². The second kappa shape index (κ2) is 6.24. The Morgan fingerprint density at radius 3 is 2.25 bits per heavy atom. The Balaban J connectivity index is 4.37. The van der Waals surface area contributed by atoms with Crippen LogP contribution in [0.2, 0.25) is 0 Å². The van der Waals surface area contributed by atoms with E-state index in [0.29, 0.717) is 0 Å². The largest absolute Gasteiger partial charge is 0.341 e. The zero-order chi connectivity index (χ0) is 12.9. The van der Waals surface area contributed by atoms with E-state index in [1.54, 1.807) is 4.90 Å². The topological polar surface area (TPSA) is 46.3 Å². The maximum atomic E-state index is 12.0. The van der Waals surface area contributed by atoms with E-state index in [1.165, 1.54) is 0 Å². The lowest BCUT2D eigenvalue weighted by atomic mass is 9.87. The monoisotopic (exact) mass is 228 g/mol. The molecule has 0 aliphatic heterocycles. The van der Waals surface area contributed by atoms with E-state index in [4.69, 9.17) is 5.73 Å². The van der Waals surface area contributed by atoms with Gasteiger partial charge in [-0.05, 0) is 18.8 Å². The molecule has 0 heterocycles. The van der Waals surface area contributed by atoms with Gasteiger partial charge in [-0.2, -0.15) is 0 Å². The van der Waals surface area contributed by atoms with Crippen molar-refractivity contribution in [2.75, 3.05) is 7.05 Å². The van der Waals surface area contributed by atoms with E-state index in [9.17, 15) is 4.79 Å². The van der Waals surface area contributed by atoms with E-state index < -0.39 is 0 Å². The van der Waals surface area contributed by atoms with Gasteiger partial charge in [0.15, 0.2) is 0 Å². The molecule has 0 aliphatic rings. The van der Waals surface area contributed by atoms with Crippen molar-refractivity contribution in [2.24, 2.45) is 11.1 Å². The molecular weight excluding hydrogens is 200 g/mol. The van der Waals surface area contributed by atoms with Gasteiger partial charge in [0.2, 0.25) is 5.91 Å². The first-order chi connectivity index (χ1) is 7.21. The van der Waals surface area contributed by atoms with E-state index in [1.807, 2.05) is 7.05 Å². The third kappa shape index (κ3) is 4.52. The molecule has 0 aromatic carbocycles. The van der Waals surface area contributed by atoms with Crippen molar-refractivity contribution >= 4 is 5.91 Å². The summed E-state index contributed by atoms with van der Waals surface area (Å²) in [7, 11) is 1.85. The minimum atomic E-state index is -0.338. The number of carbonyl (C=O) groups excluding carboxylic acids is 1. The van der Waals surface area contributed by atoms with Crippen LogP contribution in [0, 0.1) is 5.41 Å². The minimum absolute atomic E-state index is 0.0656. The van der Waals surface area contributed by atoms with Crippen molar-refractivity contribution < 1.29 is 4.79 Å². The van der Waals surface area contributed by atoms with Crippen LogP contribution in [0.5, 0.6) is 0 Å². The number of nitrogens with two attached hydrogens (primary N) is 1. The highest BCUT2D eigenvalue weighted by atomic mass is 16.2. The van der Waals surface area contributed by atoms with E-state index in [-0.39, 0.29) is 23.4 Å². The molecule has 0 rings (SSSR count). The molecule has 3 nitrogen and oxygen atoms in total. The molecule has 0 saturated carbocycles. The summed E-state index contributed by atoms with van der Waals surface area (Å²) in [5, 5.41) is 0. The summed E-state index contributed by atoms with van der Waals surface area (Å²) in [6.45, 7) is 10.6. The first-order valence-electron chi connectivity index (χ1n) is 6.24. The Kier molecular flexibility index (Phi) is 6.01. The molecule has 0 saturated heterocycles. The quantitative estimate of drug-likeness (QED) is 0.785. The Morgan fingerprint density at radius 1 is 1.38 bits per heavy atom. The number of unbranched alkanes of at least 4 members (excludes halogenated alkanes) is 1. The highest BCUT2D eigenvalue weighted by Gasteiger charge is 2.29. The highest BCUT2D eigenvalue weighted by molar-refractivity contribution is 5.81. The maximum absolute atomic E-state index is 12.0. The van der Waals surface area contributed by atoms with Crippen LogP contribution in [-0.4, -0.2) is 29.9 Å². The summed E-state index contributed by atoms with van der Waals surface area (Å²) >= 11 is 0. The fraction of sp³-hybridized carbons (Fsp3) is 0.923. The summed E-state index contributed by atoms with van der Waals surface area (Å²) in [5.41, 5.74) is 5.99. The minimum Gasteiger partial charge on any atom is -0.341 e. The summed E-state index contributed by atoms with van der Waals surface area (Å²) in [6, 6.07) is -0.137. The number of amides is 1. The van der Waals surface area contributed by atoms with E-state index in [2.05, 4.69) is 34.6 Å². The van der Waals surface area contributed by atoms with Gasteiger partial charge in [-0.1, -0.05) is 40.5 Å². The molecule has 0 aromatic heterocycles. The number of carbonyl (C=O) groups is 1. The molecule has 2 atom stereocenters. The predicted octanol–water partition coefficient (Wildman–Crippen LogP) is 2.40. The SMILES string of the molecule is CCCCC(N)C(=O)N(C)C(C)C(C)(C)C. The Hall–Kier alpha value is -0.570. The summed E-state index contributed by atoms with van der Waals surface area (Å²) < 4.78 is 0. The molecule has 1 amide bonds. The van der Waals surface area contributed by atoms with E-state index >= 15 is 0 Å². The number of rotatable bonds is 5. The summed E-state index contributed by atoms with van der Waals surface area (Å²) in [5.74, 6) is 0.0656. The average Bonchev–Trinajstić information content (AvgIpc) is 2.21. The van der Waals surface area contributed by atoms with Crippen molar-refractivity contribution in [1.82, 2.24) is 4.90 Å². The van der Waals surface area contributed by atoms with E-state index in [0.717, 1.165) is 19.3 Å².